The second kappa shape index (κ2) is 12.5. The number of methoxy groups -OCH3 is 1. The van der Waals surface area contributed by atoms with Crippen LogP contribution >= 0.6 is 11.8 Å². The Hall–Kier alpha value is -1.94. The minimum atomic E-state index is -0.715. The third kappa shape index (κ3) is 6.79. The summed E-state index contributed by atoms with van der Waals surface area (Å²) in [7, 11) is 1.74. The van der Waals surface area contributed by atoms with Gasteiger partial charge in [0.1, 0.15) is 18.7 Å². The van der Waals surface area contributed by atoms with Crippen molar-refractivity contribution in [2.45, 2.75) is 69.4 Å². The van der Waals surface area contributed by atoms with Crippen LogP contribution in [0.4, 0.5) is 0 Å². The molecular weight excluding hydrogens is 502 g/mol. The molecule has 4 rings (SSSR count). The highest BCUT2D eigenvalue weighted by molar-refractivity contribution is 7.99. The number of nitrogens with one attached hydrogen (secondary N) is 1. The zero-order valence-corrected chi connectivity index (χ0v) is 24.2. The van der Waals surface area contributed by atoms with Gasteiger partial charge in [-0.05, 0) is 67.6 Å². The van der Waals surface area contributed by atoms with Crippen LogP contribution in [0.3, 0.4) is 0 Å². The fraction of sp³-hybridized carbons (Fsp3) is 0.690. The average molecular weight is 546 g/mol. The fourth-order valence-electron chi connectivity index (χ4n) is 5.92. The zero-order chi connectivity index (χ0) is 27.4. The van der Waals surface area contributed by atoms with Crippen molar-refractivity contribution in [1.29, 1.82) is 0 Å². The number of thioether (sulfide) groups is 1. The fourth-order valence-corrected chi connectivity index (χ4v) is 6.72. The minimum absolute atomic E-state index is 0.0466. The van der Waals surface area contributed by atoms with Crippen molar-refractivity contribution in [2.75, 3.05) is 52.8 Å². The van der Waals surface area contributed by atoms with Crippen LogP contribution in [0, 0.1) is 5.41 Å². The van der Waals surface area contributed by atoms with E-state index in [4.69, 9.17) is 9.47 Å². The van der Waals surface area contributed by atoms with Gasteiger partial charge in [0.05, 0.1) is 18.0 Å². The highest BCUT2D eigenvalue weighted by Gasteiger charge is 2.53. The van der Waals surface area contributed by atoms with Crippen LogP contribution in [0.2, 0.25) is 0 Å². The monoisotopic (exact) mass is 545 g/mol. The van der Waals surface area contributed by atoms with E-state index in [1.807, 2.05) is 30.5 Å². The molecular formula is C29H43N3O5S. The number of ether oxygens (including phenoxy) is 2. The maximum absolute atomic E-state index is 13.8. The standard InChI is InChI=1S/C29H43N3O5S/c1-29(2,3)16-22(28(35)32-17-24(38-5)26-25(32)23(33)18-37-26)30-27(34)21-8-6-19(7-9-21)20-10-12-31(13-11-20)14-15-36-4/h6-9,20,22,24-26H,10-18H2,1-5H3,(H,30,34)/t22-,24-,25+,26+/m0/s1. The second-order valence-corrected chi connectivity index (χ2v) is 13.0. The summed E-state index contributed by atoms with van der Waals surface area (Å²) in [4.78, 5) is 43.8. The minimum Gasteiger partial charge on any atom is -0.383 e. The summed E-state index contributed by atoms with van der Waals surface area (Å²) < 4.78 is 10.9. The van der Waals surface area contributed by atoms with Crippen molar-refractivity contribution in [3.05, 3.63) is 35.4 Å². The third-order valence-electron chi connectivity index (χ3n) is 7.99. The van der Waals surface area contributed by atoms with Gasteiger partial charge in [-0.3, -0.25) is 14.4 Å². The molecule has 1 N–H and O–H groups in total. The van der Waals surface area contributed by atoms with E-state index in [0.29, 0.717) is 24.4 Å². The summed E-state index contributed by atoms with van der Waals surface area (Å²) in [6, 6.07) is 6.56. The lowest BCUT2D eigenvalue weighted by molar-refractivity contribution is -0.138. The number of hydrogen-bond acceptors (Lipinski definition) is 7. The van der Waals surface area contributed by atoms with Crippen molar-refractivity contribution in [3.8, 4) is 0 Å². The quantitative estimate of drug-likeness (QED) is 0.511. The molecule has 0 aliphatic carbocycles. The van der Waals surface area contributed by atoms with E-state index < -0.39 is 12.1 Å². The Morgan fingerprint density at radius 2 is 1.87 bits per heavy atom. The molecule has 1 aromatic rings. The number of hydrogen-bond donors (Lipinski definition) is 1. The van der Waals surface area contributed by atoms with Gasteiger partial charge in [0.25, 0.3) is 5.91 Å². The predicted octanol–water partition coefficient (Wildman–Crippen LogP) is 2.96. The highest BCUT2D eigenvalue weighted by Crippen LogP contribution is 2.35. The van der Waals surface area contributed by atoms with Crippen molar-refractivity contribution < 1.29 is 23.9 Å². The number of Topliss-reactive ketones (excluding diaryl/α,β-unsaturated/α-hetero) is 1. The lowest BCUT2D eigenvalue weighted by Crippen LogP contribution is -2.53. The van der Waals surface area contributed by atoms with E-state index >= 15 is 0 Å². The number of likely N-dealkylation sites (tertiary alicyclic amines) is 2. The van der Waals surface area contributed by atoms with Crippen LogP contribution < -0.4 is 5.32 Å². The number of benzene rings is 1. The molecule has 0 unspecified atom stereocenters. The maximum Gasteiger partial charge on any atom is 0.251 e. The summed E-state index contributed by atoms with van der Waals surface area (Å²) >= 11 is 1.62. The number of ketones is 1. The van der Waals surface area contributed by atoms with Crippen LogP contribution in [-0.4, -0.2) is 104 Å². The first kappa shape index (κ1) is 29.1. The molecule has 210 valence electrons. The predicted molar refractivity (Wildman–Crippen MR) is 150 cm³/mol. The number of piperidine rings is 1. The molecule has 3 fully saturated rings. The summed E-state index contributed by atoms with van der Waals surface area (Å²) in [6.07, 6.45) is 4.37. The van der Waals surface area contributed by atoms with Gasteiger partial charge in [-0.25, -0.2) is 0 Å². The Morgan fingerprint density at radius 3 is 2.47 bits per heavy atom. The Balaban J connectivity index is 1.42. The number of amides is 2. The lowest BCUT2D eigenvalue weighted by atomic mass is 9.87. The number of carbonyl (C=O) groups excluding carboxylic acids is 3. The Bertz CT molecular complexity index is 987. The van der Waals surface area contributed by atoms with E-state index in [1.165, 1.54) is 5.56 Å². The van der Waals surface area contributed by atoms with E-state index in [9.17, 15) is 14.4 Å². The second-order valence-electron chi connectivity index (χ2n) is 12.0. The van der Waals surface area contributed by atoms with E-state index in [-0.39, 0.29) is 41.0 Å². The number of nitrogens with zero attached hydrogens (tertiary/aromatic N) is 2. The topological polar surface area (TPSA) is 88.2 Å². The molecule has 4 atom stereocenters. The van der Waals surface area contributed by atoms with Gasteiger partial charge >= 0.3 is 0 Å². The Kier molecular flexibility index (Phi) is 9.55. The number of rotatable bonds is 9. The Morgan fingerprint density at radius 1 is 1.18 bits per heavy atom. The van der Waals surface area contributed by atoms with Gasteiger partial charge in [0.15, 0.2) is 5.78 Å². The van der Waals surface area contributed by atoms with Crippen molar-refractivity contribution in [1.82, 2.24) is 15.1 Å². The Labute approximate surface area is 231 Å². The van der Waals surface area contributed by atoms with Crippen LogP contribution in [0.1, 0.15) is 61.9 Å². The van der Waals surface area contributed by atoms with Crippen LogP contribution in [-0.2, 0) is 19.1 Å². The normalized spacial score (nSPS) is 25.4. The molecule has 0 radical (unpaired) electrons. The summed E-state index contributed by atoms with van der Waals surface area (Å²) in [5, 5.41) is 3.07. The van der Waals surface area contributed by atoms with Gasteiger partial charge in [0.2, 0.25) is 5.91 Å². The average Bonchev–Trinajstić information content (AvgIpc) is 3.46. The van der Waals surface area contributed by atoms with E-state index in [2.05, 4.69) is 31.0 Å². The molecule has 1 aromatic carbocycles. The van der Waals surface area contributed by atoms with Crippen molar-refractivity contribution in [2.24, 2.45) is 5.41 Å². The number of carbonyl (C=O) groups is 3. The molecule has 2 amide bonds. The smallest absolute Gasteiger partial charge is 0.251 e. The molecule has 9 heteroatoms. The molecule has 3 saturated heterocycles. The molecule has 3 heterocycles. The van der Waals surface area contributed by atoms with Crippen LogP contribution in [0.25, 0.3) is 0 Å². The summed E-state index contributed by atoms with van der Waals surface area (Å²) in [5.41, 5.74) is 1.60. The molecule has 0 saturated carbocycles. The molecule has 0 bridgehead atoms. The van der Waals surface area contributed by atoms with Gasteiger partial charge < -0.3 is 24.6 Å². The summed E-state index contributed by atoms with van der Waals surface area (Å²) in [6.45, 7) is 10.5. The van der Waals surface area contributed by atoms with Gasteiger partial charge in [-0.2, -0.15) is 11.8 Å². The zero-order valence-electron chi connectivity index (χ0n) is 23.4. The first-order chi connectivity index (χ1) is 18.1. The van der Waals surface area contributed by atoms with E-state index in [0.717, 1.165) is 39.1 Å². The summed E-state index contributed by atoms with van der Waals surface area (Å²) in [5.74, 6) is -0.0316. The maximum atomic E-state index is 13.8. The van der Waals surface area contributed by atoms with Gasteiger partial charge in [0, 0.05) is 25.8 Å². The largest absolute Gasteiger partial charge is 0.383 e. The third-order valence-corrected chi connectivity index (χ3v) is 9.01. The number of fused-ring (bicyclic) bond motifs is 1. The van der Waals surface area contributed by atoms with Crippen molar-refractivity contribution in [3.63, 3.8) is 0 Å². The molecule has 8 nitrogen and oxygen atoms in total. The first-order valence-corrected chi connectivity index (χ1v) is 15.0. The molecule has 38 heavy (non-hydrogen) atoms. The molecule has 3 aliphatic rings. The highest BCUT2D eigenvalue weighted by atomic mass is 32.2. The van der Waals surface area contributed by atoms with Crippen LogP contribution in [0.5, 0.6) is 0 Å². The van der Waals surface area contributed by atoms with Gasteiger partial charge in [-0.15, -0.1) is 0 Å². The van der Waals surface area contributed by atoms with Gasteiger partial charge in [-0.1, -0.05) is 32.9 Å². The lowest BCUT2D eigenvalue weighted by Gasteiger charge is -2.32. The molecule has 0 aromatic heterocycles. The molecule has 3 aliphatic heterocycles. The van der Waals surface area contributed by atoms with Crippen molar-refractivity contribution >= 4 is 29.4 Å². The van der Waals surface area contributed by atoms with Crippen LogP contribution in [0.15, 0.2) is 24.3 Å². The molecule has 0 spiro atoms. The SMILES string of the molecule is COCCN1CCC(c2ccc(C(=O)N[C@@H](CC(C)(C)C)C(=O)N3C[C@H](SC)[C@H]4OCC(=O)[C@H]43)cc2)CC1. The first-order valence-electron chi connectivity index (χ1n) is 13.7. The van der Waals surface area contributed by atoms with E-state index in [1.54, 1.807) is 23.8 Å².